The molecule has 15 heavy (non-hydrogen) atoms. The molecule has 1 aromatic rings. The summed E-state index contributed by atoms with van der Waals surface area (Å²) < 4.78 is 0. The van der Waals surface area contributed by atoms with E-state index in [1.54, 1.807) is 0 Å². The van der Waals surface area contributed by atoms with Crippen LogP contribution in [0, 0.1) is 17.2 Å². The molecule has 0 aromatic heterocycles. The molecule has 0 N–H and O–H groups in total. The minimum absolute atomic E-state index is 0.622. The van der Waals surface area contributed by atoms with E-state index in [1.165, 1.54) is 29.9 Å². The SMILES string of the molecule is C=C[C](C)c1ccc(C#N)c(C2CC2)c1. The van der Waals surface area contributed by atoms with Gasteiger partial charge in [0.2, 0.25) is 0 Å². The van der Waals surface area contributed by atoms with Crippen molar-refractivity contribution in [2.45, 2.75) is 25.7 Å². The van der Waals surface area contributed by atoms with Crippen LogP contribution < -0.4 is 0 Å². The first-order valence-electron chi connectivity index (χ1n) is 5.26. The van der Waals surface area contributed by atoms with E-state index in [1.807, 2.05) is 25.1 Å². The van der Waals surface area contributed by atoms with Gasteiger partial charge in [0.25, 0.3) is 0 Å². The molecule has 0 heterocycles. The van der Waals surface area contributed by atoms with Gasteiger partial charge in [-0.3, -0.25) is 0 Å². The van der Waals surface area contributed by atoms with E-state index < -0.39 is 0 Å². The average Bonchev–Trinajstić information content (AvgIpc) is 3.11. The first-order valence-corrected chi connectivity index (χ1v) is 5.26. The van der Waals surface area contributed by atoms with Crippen LogP contribution in [-0.2, 0) is 0 Å². The largest absolute Gasteiger partial charge is 0.192 e. The van der Waals surface area contributed by atoms with Gasteiger partial charge in [-0.25, -0.2) is 0 Å². The topological polar surface area (TPSA) is 23.8 Å². The van der Waals surface area contributed by atoms with Gasteiger partial charge in [0.05, 0.1) is 11.6 Å². The first-order chi connectivity index (χ1) is 7.26. The fourth-order valence-corrected chi connectivity index (χ4v) is 1.76. The Morgan fingerprint density at radius 1 is 1.53 bits per heavy atom. The molecule has 1 heteroatoms. The fraction of sp³-hybridized carbons (Fsp3) is 0.286. The molecule has 1 aliphatic rings. The zero-order valence-electron chi connectivity index (χ0n) is 8.96. The number of hydrogen-bond acceptors (Lipinski definition) is 1. The highest BCUT2D eigenvalue weighted by Gasteiger charge is 2.26. The minimum Gasteiger partial charge on any atom is -0.192 e. The standard InChI is InChI=1S/C14H14N/c1-3-10(2)12-6-7-13(9-15)14(8-12)11-4-5-11/h3,6-8,11H,1,4-5H2,2H3. The maximum Gasteiger partial charge on any atom is 0.0994 e. The normalized spacial score (nSPS) is 15.0. The fourth-order valence-electron chi connectivity index (χ4n) is 1.76. The van der Waals surface area contributed by atoms with Gasteiger partial charge >= 0.3 is 0 Å². The van der Waals surface area contributed by atoms with Gasteiger partial charge in [0.1, 0.15) is 0 Å². The number of benzene rings is 1. The highest BCUT2D eigenvalue weighted by atomic mass is 14.3. The molecule has 0 amide bonds. The molecular weight excluding hydrogens is 182 g/mol. The van der Waals surface area contributed by atoms with Gasteiger partial charge in [-0.2, -0.15) is 5.26 Å². The van der Waals surface area contributed by atoms with Crippen LogP contribution in [0.1, 0.15) is 42.4 Å². The third kappa shape index (κ3) is 1.94. The lowest BCUT2D eigenvalue weighted by atomic mass is 9.94. The van der Waals surface area contributed by atoms with Gasteiger partial charge in [-0.1, -0.05) is 25.1 Å². The molecule has 1 aliphatic carbocycles. The second-order valence-corrected chi connectivity index (χ2v) is 4.08. The van der Waals surface area contributed by atoms with Crippen molar-refractivity contribution in [1.29, 1.82) is 5.26 Å². The predicted molar refractivity (Wildman–Crippen MR) is 61.3 cm³/mol. The van der Waals surface area contributed by atoms with E-state index in [4.69, 9.17) is 5.26 Å². The van der Waals surface area contributed by atoms with Crippen LogP contribution in [0.2, 0.25) is 0 Å². The summed E-state index contributed by atoms with van der Waals surface area (Å²) in [4.78, 5) is 0. The molecule has 0 unspecified atom stereocenters. The predicted octanol–water partition coefficient (Wildman–Crippen LogP) is 3.56. The van der Waals surface area contributed by atoms with E-state index in [-0.39, 0.29) is 0 Å². The van der Waals surface area contributed by atoms with Crippen LogP contribution in [0.15, 0.2) is 30.9 Å². The molecule has 0 bridgehead atoms. The Bertz CT molecular complexity index is 421. The zero-order valence-corrected chi connectivity index (χ0v) is 8.96. The Balaban J connectivity index is 2.41. The minimum atomic E-state index is 0.622. The summed E-state index contributed by atoms with van der Waals surface area (Å²) >= 11 is 0. The molecule has 0 saturated heterocycles. The van der Waals surface area contributed by atoms with Gasteiger partial charge in [0, 0.05) is 5.92 Å². The quantitative estimate of drug-likeness (QED) is 0.725. The Kier molecular flexibility index (Phi) is 2.60. The molecule has 0 aliphatic heterocycles. The first kappa shape index (κ1) is 9.98. The van der Waals surface area contributed by atoms with Crippen LogP contribution in [-0.4, -0.2) is 0 Å². The van der Waals surface area contributed by atoms with Crippen molar-refractivity contribution in [1.82, 2.24) is 0 Å². The summed E-state index contributed by atoms with van der Waals surface area (Å²) in [6, 6.07) is 8.34. The molecule has 1 radical (unpaired) electrons. The highest BCUT2D eigenvalue weighted by molar-refractivity contribution is 5.48. The van der Waals surface area contributed by atoms with Crippen molar-refractivity contribution in [3.63, 3.8) is 0 Å². The van der Waals surface area contributed by atoms with Crippen molar-refractivity contribution >= 4 is 0 Å². The maximum atomic E-state index is 9.00. The van der Waals surface area contributed by atoms with Gasteiger partial charge < -0.3 is 0 Å². The maximum absolute atomic E-state index is 9.00. The van der Waals surface area contributed by atoms with E-state index in [2.05, 4.69) is 18.7 Å². The molecular formula is C14H14N. The summed E-state index contributed by atoms with van der Waals surface area (Å²) in [5.74, 6) is 1.79. The van der Waals surface area contributed by atoms with E-state index in [0.717, 1.165) is 5.56 Å². The highest BCUT2D eigenvalue weighted by Crippen LogP contribution is 2.42. The van der Waals surface area contributed by atoms with E-state index in [9.17, 15) is 0 Å². The summed E-state index contributed by atoms with van der Waals surface area (Å²) in [6.07, 6.45) is 4.31. The van der Waals surface area contributed by atoms with Crippen molar-refractivity contribution in [2.75, 3.05) is 0 Å². The van der Waals surface area contributed by atoms with Crippen molar-refractivity contribution < 1.29 is 0 Å². The number of allylic oxidation sites excluding steroid dienone is 1. The molecule has 1 saturated carbocycles. The van der Waals surface area contributed by atoms with Crippen LogP contribution in [0.25, 0.3) is 0 Å². The monoisotopic (exact) mass is 196 g/mol. The van der Waals surface area contributed by atoms with Crippen molar-refractivity contribution in [2.24, 2.45) is 0 Å². The molecule has 0 spiro atoms. The molecule has 1 nitrogen and oxygen atoms in total. The van der Waals surface area contributed by atoms with Crippen LogP contribution in [0.3, 0.4) is 0 Å². The number of nitrogens with zero attached hydrogens (tertiary/aromatic N) is 1. The lowest BCUT2D eigenvalue weighted by molar-refractivity contribution is 1.10. The van der Waals surface area contributed by atoms with E-state index >= 15 is 0 Å². The Hall–Kier alpha value is -1.55. The Morgan fingerprint density at radius 2 is 2.27 bits per heavy atom. The Labute approximate surface area is 91.0 Å². The average molecular weight is 196 g/mol. The molecule has 0 atom stereocenters. The number of nitriles is 1. The second-order valence-electron chi connectivity index (χ2n) is 4.08. The van der Waals surface area contributed by atoms with Crippen LogP contribution in [0.4, 0.5) is 0 Å². The van der Waals surface area contributed by atoms with Crippen LogP contribution in [0.5, 0.6) is 0 Å². The number of rotatable bonds is 3. The molecule has 75 valence electrons. The van der Waals surface area contributed by atoms with E-state index in [0.29, 0.717) is 5.92 Å². The number of hydrogen-bond donors (Lipinski definition) is 0. The summed E-state index contributed by atoms with van der Waals surface area (Å²) in [5, 5.41) is 9.00. The third-order valence-electron chi connectivity index (χ3n) is 2.95. The van der Waals surface area contributed by atoms with Gasteiger partial charge in [-0.05, 0) is 36.0 Å². The molecule has 2 rings (SSSR count). The smallest absolute Gasteiger partial charge is 0.0994 e. The summed E-state index contributed by atoms with van der Waals surface area (Å²) in [5.41, 5.74) is 3.24. The van der Waals surface area contributed by atoms with Crippen molar-refractivity contribution in [3.8, 4) is 6.07 Å². The zero-order chi connectivity index (χ0) is 10.8. The lowest BCUT2D eigenvalue weighted by Gasteiger charge is -2.09. The lowest BCUT2D eigenvalue weighted by Crippen LogP contribution is -1.94. The molecule has 1 aromatic carbocycles. The second kappa shape index (κ2) is 3.90. The summed E-state index contributed by atoms with van der Waals surface area (Å²) in [6.45, 7) is 5.81. The van der Waals surface area contributed by atoms with Crippen LogP contribution >= 0.6 is 0 Å². The summed E-state index contributed by atoms with van der Waals surface area (Å²) in [7, 11) is 0. The Morgan fingerprint density at radius 3 is 2.80 bits per heavy atom. The van der Waals surface area contributed by atoms with Gasteiger partial charge in [-0.15, -0.1) is 6.58 Å². The third-order valence-corrected chi connectivity index (χ3v) is 2.95. The molecule has 1 fully saturated rings. The van der Waals surface area contributed by atoms with Crippen molar-refractivity contribution in [3.05, 3.63) is 53.5 Å². The van der Waals surface area contributed by atoms with Gasteiger partial charge in [0.15, 0.2) is 0 Å².